The Morgan fingerprint density at radius 2 is 2.19 bits per heavy atom. The van der Waals surface area contributed by atoms with Crippen LogP contribution in [0.4, 0.5) is 0 Å². The van der Waals surface area contributed by atoms with Gasteiger partial charge in [0.2, 0.25) is 5.91 Å². The fourth-order valence-corrected chi connectivity index (χ4v) is 2.41. The topological polar surface area (TPSA) is 46.6 Å². The van der Waals surface area contributed by atoms with Gasteiger partial charge in [-0.05, 0) is 18.1 Å². The van der Waals surface area contributed by atoms with Crippen molar-refractivity contribution < 1.29 is 14.3 Å². The molecule has 0 aliphatic carbocycles. The highest BCUT2D eigenvalue weighted by Gasteiger charge is 2.34. The van der Waals surface area contributed by atoms with Crippen molar-refractivity contribution in [2.24, 2.45) is 0 Å². The van der Waals surface area contributed by atoms with E-state index in [0.29, 0.717) is 17.5 Å². The van der Waals surface area contributed by atoms with Gasteiger partial charge in [-0.15, -0.1) is 11.8 Å². The summed E-state index contributed by atoms with van der Waals surface area (Å²) in [6.45, 7) is 4.79. The predicted molar refractivity (Wildman–Crippen MR) is 64.3 cm³/mol. The number of hydrogen-bond donors (Lipinski definition) is 0. The lowest BCUT2D eigenvalue weighted by atomic mass is 10.2. The Kier molecular flexibility index (Phi) is 5.12. The second-order valence-corrected chi connectivity index (χ2v) is 5.69. The molecule has 0 spiro atoms. The van der Waals surface area contributed by atoms with Gasteiger partial charge in [0, 0.05) is 6.54 Å². The van der Waals surface area contributed by atoms with Crippen LogP contribution in [-0.2, 0) is 14.3 Å². The van der Waals surface area contributed by atoms with Gasteiger partial charge in [-0.25, -0.2) is 4.79 Å². The van der Waals surface area contributed by atoms with Crippen LogP contribution >= 0.6 is 11.8 Å². The van der Waals surface area contributed by atoms with Crippen LogP contribution in [0.3, 0.4) is 0 Å². The van der Waals surface area contributed by atoms with E-state index in [1.165, 1.54) is 7.11 Å². The quantitative estimate of drug-likeness (QED) is 0.700. The number of hydrogen-bond acceptors (Lipinski definition) is 4. The smallest absolute Gasteiger partial charge is 0.328 e. The summed E-state index contributed by atoms with van der Waals surface area (Å²) < 4.78 is 4.70. The largest absolute Gasteiger partial charge is 0.467 e. The standard InChI is InChI=1S/C11H19NO3S/c1-8(2)16-7-10(13)12-6-4-5-9(12)11(14)15-3/h8-9H,4-7H2,1-3H3. The van der Waals surface area contributed by atoms with Gasteiger partial charge >= 0.3 is 5.97 Å². The summed E-state index contributed by atoms with van der Waals surface area (Å²) >= 11 is 1.60. The van der Waals surface area contributed by atoms with Gasteiger partial charge in [0.15, 0.2) is 0 Å². The molecule has 1 aliphatic heterocycles. The van der Waals surface area contributed by atoms with Crippen LogP contribution in [0.25, 0.3) is 0 Å². The minimum Gasteiger partial charge on any atom is -0.467 e. The zero-order chi connectivity index (χ0) is 12.1. The average Bonchev–Trinajstić information content (AvgIpc) is 2.73. The number of amides is 1. The lowest BCUT2D eigenvalue weighted by molar-refractivity contribution is -0.150. The average molecular weight is 245 g/mol. The molecule has 0 aromatic rings. The van der Waals surface area contributed by atoms with Gasteiger partial charge in [-0.3, -0.25) is 4.79 Å². The Labute approximate surface area is 101 Å². The Balaban J connectivity index is 2.51. The van der Waals surface area contributed by atoms with Gasteiger partial charge in [0.05, 0.1) is 12.9 Å². The molecule has 1 fully saturated rings. The van der Waals surface area contributed by atoms with Crippen molar-refractivity contribution in [3.05, 3.63) is 0 Å². The van der Waals surface area contributed by atoms with Gasteiger partial charge in [-0.1, -0.05) is 13.8 Å². The molecular formula is C11H19NO3S. The molecule has 0 radical (unpaired) electrons. The molecule has 0 N–H and O–H groups in total. The number of rotatable bonds is 4. The maximum atomic E-state index is 11.9. The zero-order valence-electron chi connectivity index (χ0n) is 10.1. The second-order valence-electron chi connectivity index (χ2n) is 4.13. The molecule has 4 nitrogen and oxygen atoms in total. The van der Waals surface area contributed by atoms with E-state index in [2.05, 4.69) is 13.8 Å². The maximum absolute atomic E-state index is 11.9. The number of likely N-dealkylation sites (tertiary alicyclic amines) is 1. The Bertz CT molecular complexity index is 268. The molecule has 1 unspecified atom stereocenters. The number of esters is 1. The van der Waals surface area contributed by atoms with E-state index in [1.54, 1.807) is 16.7 Å². The molecule has 16 heavy (non-hydrogen) atoms. The van der Waals surface area contributed by atoms with E-state index >= 15 is 0 Å². The van der Waals surface area contributed by atoms with Crippen molar-refractivity contribution in [3.63, 3.8) is 0 Å². The normalized spacial score (nSPS) is 20.2. The molecule has 5 heteroatoms. The first-order valence-electron chi connectivity index (χ1n) is 5.55. The molecule has 0 bridgehead atoms. The van der Waals surface area contributed by atoms with Crippen molar-refractivity contribution in [3.8, 4) is 0 Å². The highest BCUT2D eigenvalue weighted by Crippen LogP contribution is 2.20. The molecule has 1 heterocycles. The highest BCUT2D eigenvalue weighted by atomic mass is 32.2. The molecule has 1 saturated heterocycles. The first kappa shape index (κ1) is 13.4. The molecule has 1 atom stereocenters. The minimum absolute atomic E-state index is 0.0478. The summed E-state index contributed by atoms with van der Waals surface area (Å²) in [6, 6.07) is -0.356. The van der Waals surface area contributed by atoms with Crippen LogP contribution in [0, 0.1) is 0 Å². The summed E-state index contributed by atoms with van der Waals surface area (Å²) in [6.07, 6.45) is 1.61. The summed E-state index contributed by atoms with van der Waals surface area (Å²) in [4.78, 5) is 25.0. The van der Waals surface area contributed by atoms with E-state index in [-0.39, 0.29) is 17.9 Å². The van der Waals surface area contributed by atoms with Crippen LogP contribution in [0.5, 0.6) is 0 Å². The third kappa shape index (κ3) is 3.40. The van der Waals surface area contributed by atoms with Crippen LogP contribution in [0.2, 0.25) is 0 Å². The fourth-order valence-electron chi connectivity index (χ4n) is 1.77. The van der Waals surface area contributed by atoms with Crippen LogP contribution in [-0.4, -0.2) is 47.5 Å². The third-order valence-electron chi connectivity index (χ3n) is 2.59. The van der Waals surface area contributed by atoms with Gasteiger partial charge in [0.25, 0.3) is 0 Å². The molecule has 0 aromatic heterocycles. The molecule has 1 amide bonds. The summed E-state index contributed by atoms with van der Waals surface area (Å²) in [5.41, 5.74) is 0. The van der Waals surface area contributed by atoms with Gasteiger partial charge in [-0.2, -0.15) is 0 Å². The van der Waals surface area contributed by atoms with E-state index in [4.69, 9.17) is 4.74 Å². The Morgan fingerprint density at radius 1 is 1.50 bits per heavy atom. The van der Waals surface area contributed by atoms with Crippen molar-refractivity contribution in [1.82, 2.24) is 4.90 Å². The van der Waals surface area contributed by atoms with E-state index in [9.17, 15) is 9.59 Å². The number of methoxy groups -OCH3 is 1. The first-order valence-corrected chi connectivity index (χ1v) is 6.60. The summed E-state index contributed by atoms with van der Waals surface area (Å²) in [7, 11) is 1.37. The number of carbonyl (C=O) groups excluding carboxylic acids is 2. The monoisotopic (exact) mass is 245 g/mol. The molecule has 1 aliphatic rings. The van der Waals surface area contributed by atoms with E-state index < -0.39 is 0 Å². The highest BCUT2D eigenvalue weighted by molar-refractivity contribution is 8.00. The minimum atomic E-state index is -0.356. The SMILES string of the molecule is COC(=O)C1CCCN1C(=O)CSC(C)C. The number of nitrogens with zero attached hydrogens (tertiary/aromatic N) is 1. The Morgan fingerprint density at radius 3 is 2.75 bits per heavy atom. The van der Waals surface area contributed by atoms with Gasteiger partial charge in [0.1, 0.15) is 6.04 Å². The number of thioether (sulfide) groups is 1. The zero-order valence-corrected chi connectivity index (χ0v) is 10.9. The van der Waals surface area contributed by atoms with Gasteiger partial charge < -0.3 is 9.64 Å². The van der Waals surface area contributed by atoms with Crippen molar-refractivity contribution in [2.45, 2.75) is 38.0 Å². The third-order valence-corrected chi connectivity index (χ3v) is 3.67. The molecule has 1 rings (SSSR count). The van der Waals surface area contributed by atoms with Crippen LogP contribution < -0.4 is 0 Å². The number of ether oxygens (including phenoxy) is 1. The summed E-state index contributed by atoms with van der Waals surface area (Å²) in [5, 5.41) is 0.433. The van der Waals surface area contributed by atoms with E-state index in [0.717, 1.165) is 12.8 Å². The summed E-state index contributed by atoms with van der Waals surface area (Å²) in [5.74, 6) is 0.206. The molecular weight excluding hydrogens is 226 g/mol. The van der Waals surface area contributed by atoms with Crippen molar-refractivity contribution in [2.75, 3.05) is 19.4 Å². The van der Waals surface area contributed by atoms with Crippen molar-refractivity contribution in [1.29, 1.82) is 0 Å². The van der Waals surface area contributed by atoms with Crippen LogP contribution in [0.15, 0.2) is 0 Å². The Hall–Kier alpha value is -0.710. The molecule has 0 aromatic carbocycles. The maximum Gasteiger partial charge on any atom is 0.328 e. The number of carbonyl (C=O) groups is 2. The lowest BCUT2D eigenvalue weighted by Gasteiger charge is -2.22. The van der Waals surface area contributed by atoms with E-state index in [1.807, 2.05) is 0 Å². The second kappa shape index (κ2) is 6.13. The van der Waals surface area contributed by atoms with Crippen LogP contribution in [0.1, 0.15) is 26.7 Å². The lowest BCUT2D eigenvalue weighted by Crippen LogP contribution is -2.42. The predicted octanol–water partition coefficient (Wildman–Crippen LogP) is 1.29. The molecule has 92 valence electrons. The molecule has 0 saturated carbocycles. The van der Waals surface area contributed by atoms with Crippen molar-refractivity contribution >= 4 is 23.6 Å². The fraction of sp³-hybridized carbons (Fsp3) is 0.818. The first-order chi connectivity index (χ1) is 7.56.